The van der Waals surface area contributed by atoms with Crippen molar-refractivity contribution in [1.82, 2.24) is 4.90 Å². The van der Waals surface area contributed by atoms with Crippen LogP contribution in [0, 0.1) is 11.8 Å². The first kappa shape index (κ1) is 15.7. The van der Waals surface area contributed by atoms with Gasteiger partial charge in [0.15, 0.2) is 0 Å². The summed E-state index contributed by atoms with van der Waals surface area (Å²) in [6.45, 7) is 7.74. The lowest BCUT2D eigenvalue weighted by atomic mass is 9.82. The number of aliphatic carboxylic acids is 1. The SMILES string of the molecule is CCN(CC)CC1CCC(C(=O)O)CC1.Cl. The molecule has 0 amide bonds. The van der Waals surface area contributed by atoms with Crippen molar-refractivity contribution < 1.29 is 9.90 Å². The van der Waals surface area contributed by atoms with Crippen molar-refractivity contribution in [1.29, 1.82) is 0 Å². The van der Waals surface area contributed by atoms with Crippen molar-refractivity contribution in [3.8, 4) is 0 Å². The lowest BCUT2D eigenvalue weighted by Gasteiger charge is -2.30. The van der Waals surface area contributed by atoms with Gasteiger partial charge in [-0.2, -0.15) is 0 Å². The van der Waals surface area contributed by atoms with Crippen LogP contribution in [0.5, 0.6) is 0 Å². The number of hydrogen-bond acceptors (Lipinski definition) is 2. The summed E-state index contributed by atoms with van der Waals surface area (Å²) in [7, 11) is 0. The Labute approximate surface area is 105 Å². The molecule has 1 fully saturated rings. The second-order valence-electron chi connectivity index (χ2n) is 4.54. The topological polar surface area (TPSA) is 40.5 Å². The highest BCUT2D eigenvalue weighted by molar-refractivity contribution is 5.85. The van der Waals surface area contributed by atoms with Crippen LogP contribution in [0.3, 0.4) is 0 Å². The normalized spacial score (nSPS) is 25.2. The van der Waals surface area contributed by atoms with Crippen molar-refractivity contribution in [3.05, 3.63) is 0 Å². The summed E-state index contributed by atoms with van der Waals surface area (Å²) < 4.78 is 0. The quantitative estimate of drug-likeness (QED) is 0.814. The third kappa shape index (κ3) is 4.71. The fourth-order valence-corrected chi connectivity index (χ4v) is 2.44. The van der Waals surface area contributed by atoms with Gasteiger partial charge in [-0.15, -0.1) is 12.4 Å². The van der Waals surface area contributed by atoms with Gasteiger partial charge in [-0.1, -0.05) is 13.8 Å². The van der Waals surface area contributed by atoms with Gasteiger partial charge in [0.25, 0.3) is 0 Å². The Bertz CT molecular complexity index is 199. The van der Waals surface area contributed by atoms with E-state index in [1.54, 1.807) is 0 Å². The highest BCUT2D eigenvalue weighted by Gasteiger charge is 2.26. The summed E-state index contributed by atoms with van der Waals surface area (Å²) in [5.41, 5.74) is 0. The van der Waals surface area contributed by atoms with Crippen LogP contribution in [-0.2, 0) is 4.79 Å². The van der Waals surface area contributed by atoms with E-state index >= 15 is 0 Å². The minimum absolute atomic E-state index is 0. The Morgan fingerprint density at radius 2 is 1.69 bits per heavy atom. The molecule has 0 aromatic carbocycles. The smallest absolute Gasteiger partial charge is 0.306 e. The molecule has 1 saturated carbocycles. The van der Waals surface area contributed by atoms with E-state index < -0.39 is 5.97 Å². The van der Waals surface area contributed by atoms with E-state index in [4.69, 9.17) is 5.11 Å². The van der Waals surface area contributed by atoms with Crippen LogP contribution in [-0.4, -0.2) is 35.6 Å². The molecule has 1 N–H and O–H groups in total. The second-order valence-corrected chi connectivity index (χ2v) is 4.54. The van der Waals surface area contributed by atoms with E-state index in [1.807, 2.05) is 0 Å². The maximum atomic E-state index is 10.8. The van der Waals surface area contributed by atoms with E-state index in [2.05, 4.69) is 18.7 Å². The lowest BCUT2D eigenvalue weighted by molar-refractivity contribution is -0.143. The first-order valence-electron chi connectivity index (χ1n) is 6.12. The van der Waals surface area contributed by atoms with Crippen molar-refractivity contribution in [2.24, 2.45) is 11.8 Å². The van der Waals surface area contributed by atoms with Gasteiger partial charge in [0.1, 0.15) is 0 Å². The van der Waals surface area contributed by atoms with Crippen molar-refractivity contribution in [3.63, 3.8) is 0 Å². The fourth-order valence-electron chi connectivity index (χ4n) is 2.44. The number of carboxylic acid groups (broad SMARTS) is 1. The van der Waals surface area contributed by atoms with E-state index in [0.29, 0.717) is 0 Å². The summed E-state index contributed by atoms with van der Waals surface area (Å²) in [5.74, 6) is 0.0507. The summed E-state index contributed by atoms with van der Waals surface area (Å²) in [4.78, 5) is 13.2. The molecule has 1 rings (SSSR count). The Balaban J connectivity index is 0.00000225. The molecule has 3 nitrogen and oxygen atoms in total. The monoisotopic (exact) mass is 249 g/mol. The molecule has 96 valence electrons. The van der Waals surface area contributed by atoms with Crippen molar-refractivity contribution in [2.75, 3.05) is 19.6 Å². The Hall–Kier alpha value is -0.280. The zero-order chi connectivity index (χ0) is 11.3. The summed E-state index contributed by atoms with van der Waals surface area (Å²) >= 11 is 0. The molecule has 0 saturated heterocycles. The van der Waals surface area contributed by atoms with Crippen LogP contribution >= 0.6 is 12.4 Å². The number of nitrogens with zero attached hydrogens (tertiary/aromatic N) is 1. The Kier molecular flexibility index (Phi) is 7.77. The van der Waals surface area contributed by atoms with Crippen LogP contribution in [0.2, 0.25) is 0 Å². The average Bonchev–Trinajstić information content (AvgIpc) is 2.26. The minimum atomic E-state index is -0.601. The first-order chi connectivity index (χ1) is 7.17. The van der Waals surface area contributed by atoms with Crippen LogP contribution in [0.25, 0.3) is 0 Å². The van der Waals surface area contributed by atoms with Crippen LogP contribution in [0.15, 0.2) is 0 Å². The van der Waals surface area contributed by atoms with Gasteiger partial charge in [-0.3, -0.25) is 4.79 Å². The molecule has 1 aliphatic rings. The second kappa shape index (κ2) is 7.91. The largest absolute Gasteiger partial charge is 0.481 e. The molecule has 16 heavy (non-hydrogen) atoms. The molecular weight excluding hydrogens is 226 g/mol. The number of hydrogen-bond donors (Lipinski definition) is 1. The lowest BCUT2D eigenvalue weighted by Crippen LogP contribution is -2.32. The minimum Gasteiger partial charge on any atom is -0.481 e. The summed E-state index contributed by atoms with van der Waals surface area (Å²) in [6.07, 6.45) is 3.93. The predicted octanol–water partition coefficient (Wildman–Crippen LogP) is 2.64. The molecular formula is C12H24ClNO2. The van der Waals surface area contributed by atoms with Crippen molar-refractivity contribution in [2.45, 2.75) is 39.5 Å². The van der Waals surface area contributed by atoms with Gasteiger partial charge in [-0.25, -0.2) is 0 Å². The zero-order valence-corrected chi connectivity index (χ0v) is 11.1. The molecule has 0 bridgehead atoms. The molecule has 0 spiro atoms. The Morgan fingerprint density at radius 1 is 1.19 bits per heavy atom. The van der Waals surface area contributed by atoms with E-state index in [-0.39, 0.29) is 18.3 Å². The predicted molar refractivity (Wildman–Crippen MR) is 68.1 cm³/mol. The maximum Gasteiger partial charge on any atom is 0.306 e. The van der Waals surface area contributed by atoms with E-state index in [1.165, 1.54) is 0 Å². The summed E-state index contributed by atoms with van der Waals surface area (Å²) in [5, 5.41) is 8.89. The van der Waals surface area contributed by atoms with Crippen LogP contribution < -0.4 is 0 Å². The Morgan fingerprint density at radius 3 is 2.06 bits per heavy atom. The molecule has 1 aliphatic carbocycles. The van der Waals surface area contributed by atoms with E-state index in [0.717, 1.165) is 51.2 Å². The third-order valence-electron chi connectivity index (χ3n) is 3.61. The number of carboxylic acids is 1. The molecule has 0 aromatic rings. The van der Waals surface area contributed by atoms with Gasteiger partial charge in [0.05, 0.1) is 5.92 Å². The number of rotatable bonds is 5. The van der Waals surface area contributed by atoms with Gasteiger partial charge in [-0.05, 0) is 44.7 Å². The van der Waals surface area contributed by atoms with Gasteiger partial charge < -0.3 is 10.0 Å². The maximum absolute atomic E-state index is 10.8. The van der Waals surface area contributed by atoms with Gasteiger partial charge in [0, 0.05) is 6.54 Å². The van der Waals surface area contributed by atoms with Crippen LogP contribution in [0.4, 0.5) is 0 Å². The highest BCUT2D eigenvalue weighted by atomic mass is 35.5. The van der Waals surface area contributed by atoms with Crippen molar-refractivity contribution >= 4 is 18.4 Å². The molecule has 0 radical (unpaired) electrons. The first-order valence-corrected chi connectivity index (χ1v) is 6.12. The summed E-state index contributed by atoms with van der Waals surface area (Å²) in [6, 6.07) is 0. The molecule has 0 unspecified atom stereocenters. The van der Waals surface area contributed by atoms with Gasteiger partial charge in [0.2, 0.25) is 0 Å². The van der Waals surface area contributed by atoms with Gasteiger partial charge >= 0.3 is 5.97 Å². The molecule has 4 heteroatoms. The standard InChI is InChI=1S/C12H23NO2.ClH/c1-3-13(4-2)9-10-5-7-11(8-6-10)12(14)15;/h10-11H,3-9H2,1-2H3,(H,14,15);1H. The molecule has 0 aliphatic heterocycles. The zero-order valence-electron chi connectivity index (χ0n) is 10.3. The molecule has 0 heterocycles. The molecule has 0 aromatic heterocycles. The fraction of sp³-hybridized carbons (Fsp3) is 0.917. The number of carbonyl (C=O) groups is 1. The third-order valence-corrected chi connectivity index (χ3v) is 3.61. The van der Waals surface area contributed by atoms with Crippen LogP contribution in [0.1, 0.15) is 39.5 Å². The average molecular weight is 250 g/mol. The highest BCUT2D eigenvalue weighted by Crippen LogP contribution is 2.29. The molecule has 0 atom stereocenters. The van der Waals surface area contributed by atoms with E-state index in [9.17, 15) is 4.79 Å². The number of halogens is 1.